The molecule has 1 aromatic rings. The quantitative estimate of drug-likeness (QED) is 0.849. The molecular weight excluding hydrogens is 324 g/mol. The van der Waals surface area contributed by atoms with E-state index in [-0.39, 0.29) is 16.0 Å². The van der Waals surface area contributed by atoms with Gasteiger partial charge in [0.1, 0.15) is 10.3 Å². The minimum atomic E-state index is -3.85. The van der Waals surface area contributed by atoms with Gasteiger partial charge in [-0.3, -0.25) is 9.59 Å². The van der Waals surface area contributed by atoms with E-state index >= 15 is 0 Å². The first-order chi connectivity index (χ1) is 10.4. The highest BCUT2D eigenvalue weighted by Crippen LogP contribution is 2.23. The van der Waals surface area contributed by atoms with Gasteiger partial charge >= 0.3 is 0 Å². The summed E-state index contributed by atoms with van der Waals surface area (Å²) in [7, 11) is -3.85. The van der Waals surface area contributed by atoms with Crippen molar-refractivity contribution in [2.24, 2.45) is 5.92 Å². The molecular formula is C14H20N2O4S2. The van der Waals surface area contributed by atoms with Gasteiger partial charge in [-0.25, -0.2) is 13.1 Å². The third-order valence-corrected chi connectivity index (χ3v) is 6.47. The molecule has 122 valence electrons. The van der Waals surface area contributed by atoms with Crippen LogP contribution in [0.4, 0.5) is 0 Å². The second-order valence-corrected chi connectivity index (χ2v) is 8.32. The number of hydrogen-bond acceptors (Lipinski definition) is 5. The van der Waals surface area contributed by atoms with E-state index in [1.807, 2.05) is 4.72 Å². The average molecular weight is 344 g/mol. The Hall–Kier alpha value is -1.41. The highest BCUT2D eigenvalue weighted by molar-refractivity contribution is 7.92. The van der Waals surface area contributed by atoms with Gasteiger partial charge in [0.05, 0.1) is 0 Å². The molecule has 0 saturated heterocycles. The van der Waals surface area contributed by atoms with Crippen molar-refractivity contribution in [3.63, 3.8) is 0 Å². The minimum absolute atomic E-state index is 0.0714. The van der Waals surface area contributed by atoms with Gasteiger partial charge in [0, 0.05) is 5.92 Å². The van der Waals surface area contributed by atoms with Crippen LogP contribution in [0.15, 0.2) is 21.7 Å². The summed E-state index contributed by atoms with van der Waals surface area (Å²) in [5.41, 5.74) is 0. The third-order valence-electron chi connectivity index (χ3n) is 3.72. The molecule has 2 amide bonds. The zero-order valence-corrected chi connectivity index (χ0v) is 14.0. The number of carbonyl (C=O) groups excluding carboxylic acids is 2. The van der Waals surface area contributed by atoms with E-state index in [1.165, 1.54) is 13.0 Å². The molecule has 2 N–H and O–H groups in total. The Labute approximate surface area is 134 Å². The lowest BCUT2D eigenvalue weighted by Gasteiger charge is -2.22. The smallest absolute Gasteiger partial charge is 0.273 e. The zero-order chi connectivity index (χ0) is 16.2. The monoisotopic (exact) mass is 344 g/mol. The lowest BCUT2D eigenvalue weighted by atomic mass is 9.88. The van der Waals surface area contributed by atoms with Crippen LogP contribution in [0.5, 0.6) is 0 Å². The van der Waals surface area contributed by atoms with Crippen molar-refractivity contribution in [1.82, 2.24) is 10.0 Å². The fourth-order valence-electron chi connectivity index (χ4n) is 2.45. The Balaban J connectivity index is 1.90. The molecule has 1 unspecified atom stereocenters. The first kappa shape index (κ1) is 17.0. The Morgan fingerprint density at radius 1 is 1.27 bits per heavy atom. The van der Waals surface area contributed by atoms with Crippen molar-refractivity contribution < 1.29 is 18.0 Å². The highest BCUT2D eigenvalue weighted by atomic mass is 32.2. The molecule has 2 rings (SSSR count). The lowest BCUT2D eigenvalue weighted by Crippen LogP contribution is -2.48. The first-order valence-electron chi connectivity index (χ1n) is 7.30. The van der Waals surface area contributed by atoms with Crippen LogP contribution in [0.25, 0.3) is 0 Å². The summed E-state index contributed by atoms with van der Waals surface area (Å²) >= 11 is 1.03. The molecule has 1 aliphatic rings. The van der Waals surface area contributed by atoms with Gasteiger partial charge in [0.2, 0.25) is 5.91 Å². The summed E-state index contributed by atoms with van der Waals surface area (Å²) in [6.45, 7) is 1.49. The second-order valence-electron chi connectivity index (χ2n) is 5.47. The molecule has 0 aromatic carbocycles. The summed E-state index contributed by atoms with van der Waals surface area (Å²) in [5, 5.41) is 4.22. The van der Waals surface area contributed by atoms with E-state index in [4.69, 9.17) is 0 Å². The molecule has 0 radical (unpaired) electrons. The number of rotatable bonds is 5. The molecule has 8 heteroatoms. The molecule has 1 aliphatic carbocycles. The van der Waals surface area contributed by atoms with Crippen LogP contribution in [0, 0.1) is 5.92 Å². The zero-order valence-electron chi connectivity index (χ0n) is 12.4. The van der Waals surface area contributed by atoms with Crippen molar-refractivity contribution in [3.05, 3.63) is 17.5 Å². The second kappa shape index (κ2) is 7.23. The first-order valence-corrected chi connectivity index (χ1v) is 9.67. The molecule has 1 atom stereocenters. The molecule has 6 nitrogen and oxygen atoms in total. The standard InChI is InChI=1S/C14H20N2O4S2/c1-10(15-14(18)11-6-3-2-4-7-11)13(17)16-22(19,20)12-8-5-9-21-12/h5,8-11H,2-4,6-7H2,1H3,(H,15,18)(H,16,17). The SMILES string of the molecule is CC(NC(=O)C1CCCCC1)C(=O)NS(=O)(=O)c1cccs1. The van der Waals surface area contributed by atoms with Crippen molar-refractivity contribution >= 4 is 33.2 Å². The van der Waals surface area contributed by atoms with Gasteiger partial charge < -0.3 is 5.32 Å². The maximum absolute atomic E-state index is 12.1. The van der Waals surface area contributed by atoms with E-state index < -0.39 is 22.0 Å². The fourth-order valence-corrected chi connectivity index (χ4v) is 4.50. The van der Waals surface area contributed by atoms with Crippen LogP contribution in [0.3, 0.4) is 0 Å². The molecule has 1 aromatic heterocycles. The summed E-state index contributed by atoms with van der Waals surface area (Å²) < 4.78 is 26.0. The topological polar surface area (TPSA) is 92.3 Å². The van der Waals surface area contributed by atoms with Crippen LogP contribution in [0.2, 0.25) is 0 Å². The molecule has 0 aliphatic heterocycles. The third kappa shape index (κ3) is 4.30. The van der Waals surface area contributed by atoms with Crippen molar-refractivity contribution in [3.8, 4) is 0 Å². The van der Waals surface area contributed by atoms with Crippen molar-refractivity contribution in [1.29, 1.82) is 0 Å². The van der Waals surface area contributed by atoms with Gasteiger partial charge in [-0.05, 0) is 31.2 Å². The molecule has 0 spiro atoms. The summed E-state index contributed by atoms with van der Waals surface area (Å²) in [6, 6.07) is 2.13. The average Bonchev–Trinajstić information content (AvgIpc) is 3.02. The van der Waals surface area contributed by atoms with Crippen LogP contribution >= 0.6 is 11.3 Å². The molecule has 1 heterocycles. The molecule has 0 bridgehead atoms. The lowest BCUT2D eigenvalue weighted by molar-refractivity contribution is -0.130. The van der Waals surface area contributed by atoms with Crippen LogP contribution < -0.4 is 10.0 Å². The minimum Gasteiger partial charge on any atom is -0.344 e. The van der Waals surface area contributed by atoms with E-state index in [0.717, 1.165) is 43.4 Å². The normalized spacial score (nSPS) is 17.7. The van der Waals surface area contributed by atoms with Gasteiger partial charge in [-0.15, -0.1) is 11.3 Å². The van der Waals surface area contributed by atoms with Gasteiger partial charge in [-0.1, -0.05) is 25.3 Å². The Bertz CT molecular complexity index is 619. The van der Waals surface area contributed by atoms with E-state index in [1.54, 1.807) is 11.4 Å². The predicted molar refractivity (Wildman–Crippen MR) is 83.8 cm³/mol. The van der Waals surface area contributed by atoms with Gasteiger partial charge in [0.25, 0.3) is 15.9 Å². The predicted octanol–water partition coefficient (Wildman–Crippen LogP) is 1.64. The Morgan fingerprint density at radius 2 is 1.95 bits per heavy atom. The van der Waals surface area contributed by atoms with Crippen molar-refractivity contribution in [2.75, 3.05) is 0 Å². The maximum Gasteiger partial charge on any atom is 0.273 e. The van der Waals surface area contributed by atoms with Crippen LogP contribution in [-0.2, 0) is 19.6 Å². The number of hydrogen-bond donors (Lipinski definition) is 2. The summed E-state index contributed by atoms with van der Waals surface area (Å²) in [6.07, 6.45) is 4.83. The number of carbonyl (C=O) groups is 2. The fraction of sp³-hybridized carbons (Fsp3) is 0.571. The van der Waals surface area contributed by atoms with E-state index in [9.17, 15) is 18.0 Å². The van der Waals surface area contributed by atoms with Gasteiger partial charge in [0.15, 0.2) is 0 Å². The molecule has 22 heavy (non-hydrogen) atoms. The number of nitrogens with one attached hydrogen (secondary N) is 2. The number of amides is 2. The van der Waals surface area contributed by atoms with Crippen LogP contribution in [0.1, 0.15) is 39.0 Å². The molecule has 1 fully saturated rings. The number of sulfonamides is 1. The maximum atomic E-state index is 12.1. The van der Waals surface area contributed by atoms with Crippen molar-refractivity contribution in [2.45, 2.75) is 49.3 Å². The van der Waals surface area contributed by atoms with Gasteiger partial charge in [-0.2, -0.15) is 0 Å². The van der Waals surface area contributed by atoms with Crippen LogP contribution in [-0.4, -0.2) is 26.3 Å². The van der Waals surface area contributed by atoms with E-state index in [2.05, 4.69) is 5.32 Å². The Kier molecular flexibility index (Phi) is 5.57. The Morgan fingerprint density at radius 3 is 2.55 bits per heavy atom. The summed E-state index contributed by atoms with van der Waals surface area (Å²) in [4.78, 5) is 24.0. The number of thiophene rings is 1. The molecule has 1 saturated carbocycles. The largest absolute Gasteiger partial charge is 0.344 e. The summed E-state index contributed by atoms with van der Waals surface area (Å²) in [5.74, 6) is -0.966. The highest BCUT2D eigenvalue weighted by Gasteiger charge is 2.27. The van der Waals surface area contributed by atoms with E-state index in [0.29, 0.717) is 0 Å².